The largest absolute Gasteiger partial charge is 0.390 e. The first-order valence-corrected chi connectivity index (χ1v) is 8.42. The summed E-state index contributed by atoms with van der Waals surface area (Å²) in [7, 11) is -3.50. The fourth-order valence-electron chi connectivity index (χ4n) is 2.35. The lowest BCUT2D eigenvalue weighted by Crippen LogP contribution is -2.43. The molecule has 1 aliphatic rings. The molecule has 1 aliphatic heterocycles. The number of rotatable bonds is 6. The highest BCUT2D eigenvalue weighted by Crippen LogP contribution is 2.22. The van der Waals surface area contributed by atoms with Gasteiger partial charge < -0.3 is 14.8 Å². The number of aromatic nitrogens is 1. The van der Waals surface area contributed by atoms with Crippen molar-refractivity contribution in [2.24, 2.45) is 0 Å². The van der Waals surface area contributed by atoms with Crippen LogP contribution in [-0.2, 0) is 21.4 Å². The third-order valence-electron chi connectivity index (χ3n) is 3.42. The highest BCUT2D eigenvalue weighted by Gasteiger charge is 2.31. The number of H-pyrrole nitrogens is 1. The summed E-state index contributed by atoms with van der Waals surface area (Å²) in [5.74, 6) is 0. The maximum Gasteiger partial charge on any atom is 0.244 e. The molecular formula is C13H22N2O4S. The van der Waals surface area contributed by atoms with Gasteiger partial charge in [-0.3, -0.25) is 0 Å². The lowest BCUT2D eigenvalue weighted by Gasteiger charge is -2.31. The Morgan fingerprint density at radius 3 is 3.00 bits per heavy atom. The maximum absolute atomic E-state index is 12.5. The predicted molar refractivity (Wildman–Crippen MR) is 74.7 cm³/mol. The van der Waals surface area contributed by atoms with Gasteiger partial charge in [0.05, 0.1) is 17.6 Å². The summed E-state index contributed by atoms with van der Waals surface area (Å²) < 4.78 is 32.1. The van der Waals surface area contributed by atoms with Gasteiger partial charge in [-0.15, -0.1) is 0 Å². The summed E-state index contributed by atoms with van der Waals surface area (Å²) >= 11 is 0. The minimum absolute atomic E-state index is 0.0188. The van der Waals surface area contributed by atoms with Gasteiger partial charge in [0, 0.05) is 31.6 Å². The number of hydrogen-bond donors (Lipinski definition) is 2. The van der Waals surface area contributed by atoms with Crippen molar-refractivity contribution < 1.29 is 18.3 Å². The third-order valence-corrected chi connectivity index (χ3v) is 5.27. The molecule has 1 aromatic rings. The van der Waals surface area contributed by atoms with Crippen LogP contribution in [0.15, 0.2) is 17.2 Å². The quantitative estimate of drug-likeness (QED) is 0.824. The van der Waals surface area contributed by atoms with E-state index in [4.69, 9.17) is 9.84 Å². The molecule has 1 unspecified atom stereocenters. The Labute approximate surface area is 119 Å². The van der Waals surface area contributed by atoms with E-state index in [-0.39, 0.29) is 17.6 Å². The number of piperidine rings is 1. The zero-order chi connectivity index (χ0) is 14.6. The van der Waals surface area contributed by atoms with Gasteiger partial charge in [-0.05, 0) is 25.3 Å². The monoisotopic (exact) mass is 302 g/mol. The number of ether oxygens (including phenoxy) is 1. The van der Waals surface area contributed by atoms with Gasteiger partial charge in [0.15, 0.2) is 0 Å². The van der Waals surface area contributed by atoms with Crippen LogP contribution in [-0.4, -0.2) is 48.6 Å². The summed E-state index contributed by atoms with van der Waals surface area (Å²) in [6.07, 6.45) is 4.05. The Kier molecular flexibility index (Phi) is 5.20. The van der Waals surface area contributed by atoms with E-state index in [9.17, 15) is 8.42 Å². The van der Waals surface area contributed by atoms with Crippen LogP contribution in [0, 0.1) is 0 Å². The summed E-state index contributed by atoms with van der Waals surface area (Å²) in [4.78, 5) is 2.97. The Morgan fingerprint density at radius 2 is 2.35 bits per heavy atom. The molecule has 0 saturated carbocycles. The Balaban J connectivity index is 2.08. The topological polar surface area (TPSA) is 82.6 Å². The van der Waals surface area contributed by atoms with Crippen LogP contribution in [0.2, 0.25) is 0 Å². The summed E-state index contributed by atoms with van der Waals surface area (Å²) in [5, 5.41) is 9.01. The van der Waals surface area contributed by atoms with Gasteiger partial charge in [-0.2, -0.15) is 4.31 Å². The van der Waals surface area contributed by atoms with E-state index < -0.39 is 10.0 Å². The van der Waals surface area contributed by atoms with E-state index in [1.807, 2.05) is 6.92 Å². The number of aromatic amines is 1. The second kappa shape index (κ2) is 6.71. The first kappa shape index (κ1) is 15.5. The zero-order valence-electron chi connectivity index (χ0n) is 11.7. The van der Waals surface area contributed by atoms with Gasteiger partial charge in [0.1, 0.15) is 0 Å². The highest BCUT2D eigenvalue weighted by atomic mass is 32.2. The van der Waals surface area contributed by atoms with Crippen LogP contribution in [0.1, 0.15) is 31.9 Å². The summed E-state index contributed by atoms with van der Waals surface area (Å²) in [6.45, 7) is 3.43. The summed E-state index contributed by atoms with van der Waals surface area (Å²) in [6, 6.07) is 1.48. The molecule has 7 heteroatoms. The normalized spacial score (nSPS) is 21.2. The van der Waals surface area contributed by atoms with E-state index in [2.05, 4.69) is 4.98 Å². The van der Waals surface area contributed by atoms with Crippen molar-refractivity contribution >= 4 is 10.0 Å². The lowest BCUT2D eigenvalue weighted by atomic mass is 10.1. The second-order valence-electron chi connectivity index (χ2n) is 5.02. The van der Waals surface area contributed by atoms with Gasteiger partial charge in [-0.25, -0.2) is 8.42 Å². The van der Waals surface area contributed by atoms with Crippen LogP contribution >= 0.6 is 0 Å². The summed E-state index contributed by atoms with van der Waals surface area (Å²) in [5.41, 5.74) is 0.499. The smallest absolute Gasteiger partial charge is 0.244 e. The molecule has 0 aromatic carbocycles. The van der Waals surface area contributed by atoms with E-state index in [1.54, 1.807) is 0 Å². The van der Waals surface area contributed by atoms with Crippen LogP contribution in [0.25, 0.3) is 0 Å². The number of nitrogens with one attached hydrogen (secondary N) is 1. The first-order chi connectivity index (χ1) is 9.57. The van der Waals surface area contributed by atoms with Gasteiger partial charge in [0.25, 0.3) is 0 Å². The molecule has 2 heterocycles. The molecule has 2 rings (SSSR count). The molecule has 2 N–H and O–H groups in total. The van der Waals surface area contributed by atoms with Crippen molar-refractivity contribution in [3.8, 4) is 0 Å². The molecule has 0 spiro atoms. The fourth-order valence-corrected chi connectivity index (χ4v) is 3.88. The van der Waals surface area contributed by atoms with Gasteiger partial charge in [-0.1, -0.05) is 6.92 Å². The molecule has 20 heavy (non-hydrogen) atoms. The maximum atomic E-state index is 12.5. The van der Waals surface area contributed by atoms with Crippen molar-refractivity contribution in [2.45, 2.75) is 43.8 Å². The predicted octanol–water partition coefficient (Wildman–Crippen LogP) is 1.09. The van der Waals surface area contributed by atoms with Crippen LogP contribution < -0.4 is 0 Å². The molecular weight excluding hydrogens is 280 g/mol. The second-order valence-corrected chi connectivity index (χ2v) is 6.95. The zero-order valence-corrected chi connectivity index (χ0v) is 12.5. The Bertz CT molecular complexity index is 526. The van der Waals surface area contributed by atoms with E-state index in [0.29, 0.717) is 25.4 Å². The highest BCUT2D eigenvalue weighted by molar-refractivity contribution is 7.89. The number of sulfonamides is 1. The Morgan fingerprint density at radius 1 is 1.55 bits per heavy atom. The van der Waals surface area contributed by atoms with E-state index in [1.165, 1.54) is 16.6 Å². The lowest BCUT2D eigenvalue weighted by molar-refractivity contribution is 0.0193. The molecule has 1 saturated heterocycles. The Hall–Kier alpha value is -0.890. The van der Waals surface area contributed by atoms with E-state index >= 15 is 0 Å². The average molecular weight is 302 g/mol. The van der Waals surface area contributed by atoms with Crippen molar-refractivity contribution in [3.63, 3.8) is 0 Å². The van der Waals surface area contributed by atoms with Crippen molar-refractivity contribution in [2.75, 3.05) is 19.7 Å². The van der Waals surface area contributed by atoms with Gasteiger partial charge >= 0.3 is 0 Å². The van der Waals surface area contributed by atoms with Gasteiger partial charge in [0.2, 0.25) is 10.0 Å². The molecule has 6 nitrogen and oxygen atoms in total. The molecule has 1 fully saturated rings. The molecule has 1 aromatic heterocycles. The SMILES string of the molecule is CCCOC1CCCN(S(=O)(=O)c2c[nH]c(CO)c2)C1. The van der Waals surface area contributed by atoms with Crippen LogP contribution in [0.4, 0.5) is 0 Å². The van der Waals surface area contributed by atoms with Crippen LogP contribution in [0.5, 0.6) is 0 Å². The van der Waals surface area contributed by atoms with E-state index in [0.717, 1.165) is 19.3 Å². The van der Waals surface area contributed by atoms with Crippen molar-refractivity contribution in [3.05, 3.63) is 18.0 Å². The standard InChI is InChI=1S/C13H22N2O4S/c1-2-6-19-12-4-3-5-15(9-12)20(17,18)13-7-11(10-16)14-8-13/h7-8,12,14,16H,2-6,9-10H2,1H3. The minimum Gasteiger partial charge on any atom is -0.390 e. The first-order valence-electron chi connectivity index (χ1n) is 6.97. The molecule has 0 radical (unpaired) electrons. The number of aliphatic hydroxyl groups is 1. The minimum atomic E-state index is -3.50. The average Bonchev–Trinajstić information content (AvgIpc) is 2.95. The molecule has 1 atom stereocenters. The third kappa shape index (κ3) is 3.41. The van der Waals surface area contributed by atoms with Crippen LogP contribution in [0.3, 0.4) is 0 Å². The number of hydrogen-bond acceptors (Lipinski definition) is 4. The molecule has 0 aliphatic carbocycles. The molecule has 114 valence electrons. The molecule has 0 bridgehead atoms. The van der Waals surface area contributed by atoms with Crippen molar-refractivity contribution in [1.29, 1.82) is 0 Å². The molecule has 0 amide bonds. The van der Waals surface area contributed by atoms with Crippen molar-refractivity contribution in [1.82, 2.24) is 9.29 Å². The number of aliphatic hydroxyl groups excluding tert-OH is 1. The fraction of sp³-hybridized carbons (Fsp3) is 0.692. The number of nitrogens with zero attached hydrogens (tertiary/aromatic N) is 1.